The second-order valence-corrected chi connectivity index (χ2v) is 6.89. The summed E-state index contributed by atoms with van der Waals surface area (Å²) < 4.78 is 1.10. The Morgan fingerprint density at radius 1 is 1.53 bits per heavy atom. The average molecular weight is 315 g/mol. The molecule has 0 amide bonds. The maximum Gasteiger partial charge on any atom is 0.140 e. The van der Waals surface area contributed by atoms with Gasteiger partial charge in [0.15, 0.2) is 0 Å². The second kappa shape index (κ2) is 6.10. The molecule has 0 radical (unpaired) electrons. The van der Waals surface area contributed by atoms with E-state index in [0.717, 1.165) is 15.5 Å². The molecule has 0 aliphatic heterocycles. The number of pyridine rings is 1. The number of hydrogen-bond acceptors (Lipinski definition) is 3. The van der Waals surface area contributed by atoms with Gasteiger partial charge >= 0.3 is 0 Å². The van der Waals surface area contributed by atoms with Crippen LogP contribution in [-0.2, 0) is 0 Å². The predicted molar refractivity (Wildman–Crippen MR) is 79.9 cm³/mol. The van der Waals surface area contributed by atoms with Crippen molar-refractivity contribution in [3.8, 4) is 0 Å². The Bertz CT molecular complexity index is 384. The van der Waals surface area contributed by atoms with Crippen molar-refractivity contribution in [1.82, 2.24) is 4.98 Å². The van der Waals surface area contributed by atoms with Crippen LogP contribution in [0.15, 0.2) is 16.7 Å². The molecule has 1 aliphatic carbocycles. The van der Waals surface area contributed by atoms with Crippen LogP contribution in [0, 0.1) is 6.92 Å². The summed E-state index contributed by atoms with van der Waals surface area (Å²) in [4.78, 5) is 4.41. The third-order valence-electron chi connectivity index (χ3n) is 3.21. The maximum absolute atomic E-state index is 4.41. The first kappa shape index (κ1) is 13.2. The van der Waals surface area contributed by atoms with E-state index >= 15 is 0 Å². The van der Waals surface area contributed by atoms with Gasteiger partial charge in [0.1, 0.15) is 5.82 Å². The number of rotatable bonds is 4. The Kier molecular flexibility index (Phi) is 4.74. The summed E-state index contributed by atoms with van der Waals surface area (Å²) in [6, 6.07) is 2.62. The summed E-state index contributed by atoms with van der Waals surface area (Å²) in [5, 5.41) is 4.40. The number of anilines is 1. The minimum absolute atomic E-state index is 0.588. The largest absolute Gasteiger partial charge is 0.366 e. The van der Waals surface area contributed by atoms with E-state index in [2.05, 4.69) is 51.8 Å². The second-order valence-electron chi connectivity index (χ2n) is 4.52. The van der Waals surface area contributed by atoms with Gasteiger partial charge in [0.05, 0.1) is 4.47 Å². The molecular weight excluding hydrogens is 296 g/mol. The number of nitrogens with zero attached hydrogens (tertiary/aromatic N) is 1. The molecule has 94 valence electrons. The third-order valence-corrected chi connectivity index (χ3v) is 5.44. The van der Waals surface area contributed by atoms with Crippen LogP contribution in [0.3, 0.4) is 0 Å². The van der Waals surface area contributed by atoms with Crippen molar-refractivity contribution in [3.63, 3.8) is 0 Å². The van der Waals surface area contributed by atoms with E-state index in [1.807, 2.05) is 12.3 Å². The molecule has 1 aromatic rings. The number of thioether (sulfide) groups is 1. The molecule has 2 atom stereocenters. The molecule has 1 fully saturated rings. The number of aromatic nitrogens is 1. The lowest BCUT2D eigenvalue weighted by Crippen LogP contribution is -2.17. The van der Waals surface area contributed by atoms with E-state index in [4.69, 9.17) is 0 Å². The monoisotopic (exact) mass is 314 g/mol. The highest BCUT2D eigenvalue weighted by Crippen LogP contribution is 2.33. The first-order chi connectivity index (χ1) is 8.20. The van der Waals surface area contributed by atoms with E-state index in [1.165, 1.54) is 30.6 Å². The Morgan fingerprint density at radius 3 is 3.12 bits per heavy atom. The van der Waals surface area contributed by atoms with Crippen LogP contribution in [0.2, 0.25) is 0 Å². The van der Waals surface area contributed by atoms with Gasteiger partial charge in [0.2, 0.25) is 0 Å². The standard InChI is InChI=1S/C13H19BrN2S/c1-3-17-11-5-4-10(8-11)16-13-12(14)9(2)6-7-15-13/h6-7,10-11H,3-5,8H2,1-2H3,(H,15,16). The van der Waals surface area contributed by atoms with Crippen molar-refractivity contribution < 1.29 is 0 Å². The van der Waals surface area contributed by atoms with Gasteiger partial charge in [0, 0.05) is 17.5 Å². The summed E-state index contributed by atoms with van der Waals surface area (Å²) >= 11 is 5.69. The molecule has 0 bridgehead atoms. The number of halogens is 1. The van der Waals surface area contributed by atoms with Crippen molar-refractivity contribution in [2.75, 3.05) is 11.1 Å². The van der Waals surface area contributed by atoms with Crippen molar-refractivity contribution in [3.05, 3.63) is 22.3 Å². The smallest absolute Gasteiger partial charge is 0.140 e. The van der Waals surface area contributed by atoms with Crippen LogP contribution in [0.1, 0.15) is 31.7 Å². The van der Waals surface area contributed by atoms with Crippen molar-refractivity contribution >= 4 is 33.5 Å². The Hall–Kier alpha value is -0.220. The highest BCUT2D eigenvalue weighted by molar-refractivity contribution is 9.10. The fourth-order valence-corrected chi connectivity index (χ4v) is 3.78. The van der Waals surface area contributed by atoms with Crippen LogP contribution in [0.25, 0.3) is 0 Å². The molecular formula is C13H19BrN2S. The molecule has 0 aromatic carbocycles. The lowest BCUT2D eigenvalue weighted by Gasteiger charge is -2.15. The van der Waals surface area contributed by atoms with Crippen molar-refractivity contribution in [2.45, 2.75) is 44.4 Å². The molecule has 4 heteroatoms. The van der Waals surface area contributed by atoms with Gasteiger partial charge in [-0.3, -0.25) is 0 Å². The van der Waals surface area contributed by atoms with Crippen molar-refractivity contribution in [1.29, 1.82) is 0 Å². The van der Waals surface area contributed by atoms with Crippen LogP contribution in [0.4, 0.5) is 5.82 Å². The SMILES string of the molecule is CCSC1CCC(Nc2nccc(C)c2Br)C1. The van der Waals surface area contributed by atoms with Gasteiger partial charge in [-0.25, -0.2) is 4.98 Å². The van der Waals surface area contributed by atoms with E-state index in [1.54, 1.807) is 0 Å². The van der Waals surface area contributed by atoms with E-state index in [0.29, 0.717) is 6.04 Å². The predicted octanol–water partition coefficient (Wildman–Crippen LogP) is 4.24. The molecule has 2 rings (SSSR count). The summed E-state index contributed by atoms with van der Waals surface area (Å²) in [6.07, 6.45) is 5.73. The van der Waals surface area contributed by atoms with Crippen LogP contribution in [0.5, 0.6) is 0 Å². The highest BCUT2D eigenvalue weighted by atomic mass is 79.9. The Morgan fingerprint density at radius 2 is 2.35 bits per heavy atom. The molecule has 2 unspecified atom stereocenters. The number of aryl methyl sites for hydroxylation is 1. The normalized spacial score (nSPS) is 23.9. The fourth-order valence-electron chi connectivity index (χ4n) is 2.29. The first-order valence-electron chi connectivity index (χ1n) is 6.20. The summed E-state index contributed by atoms with van der Waals surface area (Å²) in [6.45, 7) is 4.34. The zero-order valence-corrected chi connectivity index (χ0v) is 12.8. The van der Waals surface area contributed by atoms with Gasteiger partial charge in [-0.1, -0.05) is 6.92 Å². The zero-order chi connectivity index (χ0) is 12.3. The fraction of sp³-hybridized carbons (Fsp3) is 0.615. The summed E-state index contributed by atoms with van der Waals surface area (Å²) in [5.41, 5.74) is 1.24. The average Bonchev–Trinajstić information content (AvgIpc) is 2.73. The molecule has 0 spiro atoms. The van der Waals surface area contributed by atoms with Crippen LogP contribution >= 0.6 is 27.7 Å². The minimum Gasteiger partial charge on any atom is -0.366 e. The maximum atomic E-state index is 4.41. The van der Waals surface area contributed by atoms with Gasteiger partial charge in [-0.2, -0.15) is 11.8 Å². The quantitative estimate of drug-likeness (QED) is 0.899. The number of hydrogen-bond donors (Lipinski definition) is 1. The molecule has 0 saturated heterocycles. The van der Waals surface area contributed by atoms with E-state index in [-0.39, 0.29) is 0 Å². The van der Waals surface area contributed by atoms with Gasteiger partial charge < -0.3 is 5.32 Å². The zero-order valence-electron chi connectivity index (χ0n) is 10.4. The van der Waals surface area contributed by atoms with Gasteiger partial charge in [-0.05, 0) is 59.5 Å². The lowest BCUT2D eigenvalue weighted by atomic mass is 10.2. The molecule has 1 aliphatic rings. The molecule has 1 heterocycles. The lowest BCUT2D eigenvalue weighted by molar-refractivity contribution is 0.751. The van der Waals surface area contributed by atoms with Gasteiger partial charge in [-0.15, -0.1) is 0 Å². The molecule has 1 saturated carbocycles. The molecule has 1 N–H and O–H groups in total. The minimum atomic E-state index is 0.588. The highest BCUT2D eigenvalue weighted by Gasteiger charge is 2.25. The number of nitrogens with one attached hydrogen (secondary N) is 1. The first-order valence-corrected chi connectivity index (χ1v) is 8.04. The molecule has 2 nitrogen and oxygen atoms in total. The summed E-state index contributed by atoms with van der Waals surface area (Å²) in [5.74, 6) is 2.22. The van der Waals surface area contributed by atoms with E-state index < -0.39 is 0 Å². The van der Waals surface area contributed by atoms with Gasteiger partial charge in [0.25, 0.3) is 0 Å². The third kappa shape index (κ3) is 3.38. The van der Waals surface area contributed by atoms with Crippen LogP contribution in [-0.4, -0.2) is 22.0 Å². The Balaban J connectivity index is 1.96. The summed E-state index contributed by atoms with van der Waals surface area (Å²) in [7, 11) is 0. The van der Waals surface area contributed by atoms with E-state index in [9.17, 15) is 0 Å². The molecule has 17 heavy (non-hydrogen) atoms. The van der Waals surface area contributed by atoms with Crippen molar-refractivity contribution in [2.24, 2.45) is 0 Å². The Labute approximate surface area is 116 Å². The van der Waals surface area contributed by atoms with Crippen LogP contribution < -0.4 is 5.32 Å². The molecule has 1 aromatic heterocycles. The topological polar surface area (TPSA) is 24.9 Å².